The van der Waals surface area contributed by atoms with Crippen LogP contribution in [0.4, 0.5) is 10.2 Å². The lowest BCUT2D eigenvalue weighted by Crippen LogP contribution is -2.27. The third-order valence-corrected chi connectivity index (χ3v) is 6.71. The van der Waals surface area contributed by atoms with Crippen LogP contribution < -0.4 is 5.32 Å². The Balaban J connectivity index is 1.74. The molecule has 0 radical (unpaired) electrons. The number of aromatic nitrogens is 6. The predicted molar refractivity (Wildman–Crippen MR) is 136 cm³/mol. The molecule has 0 bridgehead atoms. The zero-order valence-electron chi connectivity index (χ0n) is 19.0. The second-order valence-electron chi connectivity index (χ2n) is 8.61. The number of pyridine rings is 2. The topological polar surface area (TPSA) is 98.5 Å². The molecule has 0 unspecified atom stereocenters. The number of allylic oxidation sites excluding steroid dienone is 1. The van der Waals surface area contributed by atoms with Crippen molar-refractivity contribution in [2.75, 3.05) is 5.32 Å². The van der Waals surface area contributed by atoms with E-state index in [2.05, 4.69) is 37.9 Å². The molecule has 4 aromatic rings. The van der Waals surface area contributed by atoms with Crippen LogP contribution in [0.25, 0.3) is 28.6 Å². The van der Waals surface area contributed by atoms with E-state index in [1.807, 2.05) is 45.9 Å². The van der Waals surface area contributed by atoms with Crippen LogP contribution >= 0.6 is 22.6 Å². The summed E-state index contributed by atoms with van der Waals surface area (Å²) >= 11 is 2.13. The Kier molecular flexibility index (Phi) is 5.42. The fourth-order valence-electron chi connectivity index (χ4n) is 4.06. The molecule has 1 aliphatic heterocycles. The van der Waals surface area contributed by atoms with Gasteiger partial charge in [0.1, 0.15) is 21.0 Å². The summed E-state index contributed by atoms with van der Waals surface area (Å²) < 4.78 is 16.7. The summed E-state index contributed by atoms with van der Waals surface area (Å²) in [5.74, 6) is 0.309. The number of nitrogens with zero attached hydrogens (tertiary/aromatic N) is 6. The third-order valence-electron chi connectivity index (χ3n) is 5.93. The van der Waals surface area contributed by atoms with Crippen molar-refractivity contribution in [2.24, 2.45) is 0 Å². The van der Waals surface area contributed by atoms with Gasteiger partial charge in [-0.1, -0.05) is 12.2 Å². The van der Waals surface area contributed by atoms with E-state index in [1.165, 1.54) is 6.07 Å². The first-order valence-corrected chi connectivity index (χ1v) is 11.8. The monoisotopic (exact) mass is 569 g/mol. The van der Waals surface area contributed by atoms with E-state index in [4.69, 9.17) is 15.1 Å². The molecule has 0 saturated heterocycles. The van der Waals surface area contributed by atoms with Gasteiger partial charge >= 0.3 is 0 Å². The first kappa shape index (κ1) is 22.5. The highest BCUT2D eigenvalue weighted by atomic mass is 127. The van der Waals surface area contributed by atoms with Crippen LogP contribution in [0.2, 0.25) is 0 Å². The second-order valence-corrected chi connectivity index (χ2v) is 9.63. The second kappa shape index (κ2) is 8.19. The molecule has 0 aliphatic carbocycles. The van der Waals surface area contributed by atoms with Crippen LogP contribution in [-0.4, -0.2) is 35.6 Å². The molecule has 0 spiro atoms. The zero-order chi connectivity index (χ0) is 24.2. The number of rotatable bonds is 4. The first-order valence-electron chi connectivity index (χ1n) is 10.7. The largest absolute Gasteiger partial charge is 0.310 e. The Morgan fingerprint density at radius 1 is 1.26 bits per heavy atom. The fraction of sp³-hybridized carbons (Fsp3) is 0.250. The number of fused-ring (bicyclic) bond motifs is 2. The fourth-order valence-corrected chi connectivity index (χ4v) is 5.22. The summed E-state index contributed by atoms with van der Waals surface area (Å²) in [6.45, 7) is 7.65. The SMILES string of the molecule is C/C=C/c1cc2c(-c3nc(I)c4c(n3)NC(=O)C4(C)C)nn(Cc3ncccc3F)c2nc1C. The van der Waals surface area contributed by atoms with Crippen LogP contribution in [0, 0.1) is 16.4 Å². The maximum atomic E-state index is 14.4. The quantitative estimate of drug-likeness (QED) is 0.284. The predicted octanol–water partition coefficient (Wildman–Crippen LogP) is 4.65. The molecule has 5 heterocycles. The van der Waals surface area contributed by atoms with Gasteiger partial charge in [-0.15, -0.1) is 0 Å². The maximum Gasteiger partial charge on any atom is 0.235 e. The number of carbonyl (C=O) groups is 1. The summed E-state index contributed by atoms with van der Waals surface area (Å²) in [4.78, 5) is 30.8. The van der Waals surface area contributed by atoms with E-state index >= 15 is 0 Å². The average Bonchev–Trinajstić information content (AvgIpc) is 3.23. The summed E-state index contributed by atoms with van der Waals surface area (Å²) in [5.41, 5.74) is 3.14. The summed E-state index contributed by atoms with van der Waals surface area (Å²) in [6, 6.07) is 4.90. The highest BCUT2D eigenvalue weighted by molar-refractivity contribution is 14.1. The van der Waals surface area contributed by atoms with Gasteiger partial charge in [-0.05, 0) is 74.0 Å². The Morgan fingerprint density at radius 2 is 2.06 bits per heavy atom. The molecule has 172 valence electrons. The van der Waals surface area contributed by atoms with E-state index in [9.17, 15) is 9.18 Å². The van der Waals surface area contributed by atoms with Crippen LogP contribution in [0.1, 0.15) is 43.3 Å². The van der Waals surface area contributed by atoms with Gasteiger partial charge in [-0.25, -0.2) is 24.0 Å². The number of anilines is 1. The minimum Gasteiger partial charge on any atom is -0.310 e. The number of hydrogen-bond acceptors (Lipinski definition) is 6. The molecule has 0 aromatic carbocycles. The van der Waals surface area contributed by atoms with E-state index in [1.54, 1.807) is 16.9 Å². The van der Waals surface area contributed by atoms with Crippen molar-refractivity contribution in [1.29, 1.82) is 0 Å². The zero-order valence-corrected chi connectivity index (χ0v) is 21.2. The van der Waals surface area contributed by atoms with Gasteiger partial charge in [0.15, 0.2) is 11.5 Å². The summed E-state index contributed by atoms with van der Waals surface area (Å²) in [7, 11) is 0. The minimum absolute atomic E-state index is 0.102. The molecule has 1 amide bonds. The van der Waals surface area contributed by atoms with Gasteiger partial charge in [0.25, 0.3) is 0 Å². The van der Waals surface area contributed by atoms with Crippen LogP contribution in [0.15, 0.2) is 30.5 Å². The molecular formula is C24H21FIN7O. The highest BCUT2D eigenvalue weighted by Crippen LogP contribution is 2.40. The van der Waals surface area contributed by atoms with Crippen molar-refractivity contribution in [2.45, 2.75) is 39.7 Å². The van der Waals surface area contributed by atoms with Crippen molar-refractivity contribution < 1.29 is 9.18 Å². The number of amides is 1. The van der Waals surface area contributed by atoms with Crippen LogP contribution in [-0.2, 0) is 16.8 Å². The van der Waals surface area contributed by atoms with E-state index < -0.39 is 11.2 Å². The van der Waals surface area contributed by atoms with Crippen molar-refractivity contribution in [3.05, 3.63) is 62.5 Å². The first-order chi connectivity index (χ1) is 16.2. The minimum atomic E-state index is -0.722. The molecule has 4 aromatic heterocycles. The third kappa shape index (κ3) is 3.56. The summed E-state index contributed by atoms with van der Waals surface area (Å²) in [5, 5.41) is 8.34. The van der Waals surface area contributed by atoms with Crippen molar-refractivity contribution >= 4 is 51.4 Å². The molecule has 0 saturated carbocycles. The number of nitrogens with one attached hydrogen (secondary N) is 1. The van der Waals surface area contributed by atoms with Crippen molar-refractivity contribution in [3.63, 3.8) is 0 Å². The lowest BCUT2D eigenvalue weighted by atomic mass is 9.88. The van der Waals surface area contributed by atoms with E-state index in [0.717, 1.165) is 22.2 Å². The lowest BCUT2D eigenvalue weighted by molar-refractivity contribution is -0.119. The van der Waals surface area contributed by atoms with Crippen molar-refractivity contribution in [3.8, 4) is 11.5 Å². The Morgan fingerprint density at radius 3 is 2.79 bits per heavy atom. The smallest absolute Gasteiger partial charge is 0.235 e. The molecule has 0 fully saturated rings. The highest BCUT2D eigenvalue weighted by Gasteiger charge is 2.42. The Hall–Kier alpha value is -3.28. The van der Waals surface area contributed by atoms with Gasteiger partial charge in [0, 0.05) is 17.5 Å². The van der Waals surface area contributed by atoms with Crippen molar-refractivity contribution in [1.82, 2.24) is 29.7 Å². The van der Waals surface area contributed by atoms with Crippen LogP contribution in [0.5, 0.6) is 0 Å². The van der Waals surface area contributed by atoms with Gasteiger partial charge in [0.2, 0.25) is 5.91 Å². The molecule has 0 atom stereocenters. The molecule has 1 N–H and O–H groups in total. The Labute approximate surface area is 208 Å². The van der Waals surface area contributed by atoms with Gasteiger partial charge < -0.3 is 5.32 Å². The molecule has 10 heteroatoms. The standard InChI is InChI=1S/C24H21FIN7O/c1-5-7-13-10-14-18(21-29-19(26)17-20(30-21)31-23(34)24(17,3)4)32-33(22(14)28-12(13)2)11-16-15(25)8-6-9-27-16/h5-10H,11H2,1-4H3,(H,29,30,31,34)/b7-5+. The normalized spacial score (nSPS) is 14.7. The Bertz CT molecular complexity index is 1510. The molecular weight excluding hydrogens is 548 g/mol. The average molecular weight is 569 g/mol. The molecule has 5 rings (SSSR count). The van der Waals surface area contributed by atoms with E-state index in [0.29, 0.717) is 26.7 Å². The lowest BCUT2D eigenvalue weighted by Gasteiger charge is -2.15. The molecule has 34 heavy (non-hydrogen) atoms. The van der Waals surface area contributed by atoms with E-state index in [-0.39, 0.29) is 18.1 Å². The van der Waals surface area contributed by atoms with Crippen LogP contribution in [0.3, 0.4) is 0 Å². The number of halogens is 2. The van der Waals surface area contributed by atoms with Gasteiger partial charge in [-0.3, -0.25) is 9.78 Å². The van der Waals surface area contributed by atoms with Gasteiger partial charge in [0.05, 0.1) is 23.0 Å². The van der Waals surface area contributed by atoms with Gasteiger partial charge in [-0.2, -0.15) is 5.10 Å². The molecule has 8 nitrogen and oxygen atoms in total. The number of aryl methyl sites for hydroxylation is 1. The summed E-state index contributed by atoms with van der Waals surface area (Å²) in [6.07, 6.45) is 5.46. The number of carbonyl (C=O) groups excluding carboxylic acids is 1. The molecule has 1 aliphatic rings. The maximum absolute atomic E-state index is 14.4. The number of hydrogen-bond donors (Lipinski definition) is 1.